The first-order chi connectivity index (χ1) is 15.7. The third-order valence-electron chi connectivity index (χ3n) is 5.36. The highest BCUT2D eigenvalue weighted by Crippen LogP contribution is 2.31. The van der Waals surface area contributed by atoms with Crippen LogP contribution in [-0.4, -0.2) is 22.3 Å². The van der Waals surface area contributed by atoms with Gasteiger partial charge in [-0.3, -0.25) is 15.0 Å². The van der Waals surface area contributed by atoms with Crippen LogP contribution in [0.4, 0.5) is 5.13 Å². The second kappa shape index (κ2) is 10.0. The molecule has 0 saturated heterocycles. The third kappa shape index (κ3) is 5.13. The minimum absolute atomic E-state index is 0.0912. The molecule has 0 aliphatic carbocycles. The lowest BCUT2D eigenvalue weighted by molar-refractivity contribution is 0.102. The maximum Gasteiger partial charge on any atom is 0.258 e. The lowest BCUT2D eigenvalue weighted by atomic mass is 10.1. The molecule has 3 heterocycles. The first kappa shape index (κ1) is 21.4. The van der Waals surface area contributed by atoms with Crippen LogP contribution >= 0.6 is 34.4 Å². The molecule has 1 N–H and O–H groups in total. The summed E-state index contributed by atoms with van der Waals surface area (Å²) in [4.78, 5) is 23.8. The minimum atomic E-state index is -0.0912. The van der Waals surface area contributed by atoms with Crippen LogP contribution in [-0.2, 0) is 25.3 Å². The summed E-state index contributed by atoms with van der Waals surface area (Å²) >= 11 is 5.04. The number of fused-ring (bicyclic) bond motifs is 1. The summed E-state index contributed by atoms with van der Waals surface area (Å²) in [6, 6.07) is 22.5. The molecular weight excluding hydrogens is 454 g/mol. The molecule has 162 valence electrons. The molecule has 0 spiro atoms. The van der Waals surface area contributed by atoms with Gasteiger partial charge in [-0.15, -0.1) is 34.4 Å². The van der Waals surface area contributed by atoms with Gasteiger partial charge in [0.05, 0.1) is 11.3 Å². The maximum absolute atomic E-state index is 13.0. The van der Waals surface area contributed by atoms with Crippen molar-refractivity contribution in [2.24, 2.45) is 0 Å². The average Bonchev–Trinajstić information content (AvgIpc) is 3.48. The molecular formula is C25H23N3OS3. The number of benzene rings is 2. The number of rotatable bonds is 7. The average molecular weight is 478 g/mol. The number of nitrogens with one attached hydrogen (secondary N) is 1. The summed E-state index contributed by atoms with van der Waals surface area (Å²) in [5.41, 5.74) is 3.15. The van der Waals surface area contributed by atoms with Crippen molar-refractivity contribution in [2.45, 2.75) is 30.2 Å². The summed E-state index contributed by atoms with van der Waals surface area (Å²) < 4.78 is 0. The topological polar surface area (TPSA) is 45.2 Å². The van der Waals surface area contributed by atoms with Gasteiger partial charge in [-0.2, -0.15) is 0 Å². The van der Waals surface area contributed by atoms with Crippen molar-refractivity contribution in [1.82, 2.24) is 9.88 Å². The predicted octanol–water partition coefficient (Wildman–Crippen LogP) is 6.31. The zero-order valence-electron chi connectivity index (χ0n) is 17.5. The van der Waals surface area contributed by atoms with Crippen LogP contribution in [0.1, 0.15) is 31.4 Å². The van der Waals surface area contributed by atoms with Crippen LogP contribution in [0.2, 0.25) is 0 Å². The fraction of sp³-hybridized carbons (Fsp3) is 0.200. The molecule has 0 atom stereocenters. The number of thiophene rings is 1. The molecule has 2 aromatic carbocycles. The van der Waals surface area contributed by atoms with Crippen molar-refractivity contribution in [2.75, 3.05) is 11.9 Å². The number of nitrogens with zero attached hydrogens (tertiary/aromatic N) is 2. The largest absolute Gasteiger partial charge is 0.298 e. The highest BCUT2D eigenvalue weighted by Gasteiger charge is 2.22. The lowest BCUT2D eigenvalue weighted by Gasteiger charge is -2.25. The first-order valence-electron chi connectivity index (χ1n) is 10.5. The second-order valence-electron chi connectivity index (χ2n) is 7.65. The number of aromatic nitrogens is 1. The number of carbonyl (C=O) groups is 1. The summed E-state index contributed by atoms with van der Waals surface area (Å²) in [6.45, 7) is 2.81. The van der Waals surface area contributed by atoms with Crippen LogP contribution in [0.25, 0.3) is 0 Å². The van der Waals surface area contributed by atoms with Gasteiger partial charge < -0.3 is 0 Å². The Morgan fingerprint density at radius 2 is 1.91 bits per heavy atom. The van der Waals surface area contributed by atoms with Crippen molar-refractivity contribution < 1.29 is 4.79 Å². The maximum atomic E-state index is 13.0. The number of anilines is 1. The molecule has 0 saturated carbocycles. The van der Waals surface area contributed by atoms with Crippen LogP contribution in [0, 0.1) is 0 Å². The molecule has 4 aromatic rings. The fourth-order valence-corrected chi connectivity index (χ4v) is 6.64. The van der Waals surface area contributed by atoms with Gasteiger partial charge in [-0.25, -0.2) is 4.98 Å². The Kier molecular flexibility index (Phi) is 6.69. The van der Waals surface area contributed by atoms with Crippen LogP contribution < -0.4 is 5.32 Å². The van der Waals surface area contributed by atoms with Gasteiger partial charge in [0.2, 0.25) is 0 Å². The van der Waals surface area contributed by atoms with E-state index in [0.29, 0.717) is 10.7 Å². The van der Waals surface area contributed by atoms with E-state index in [1.54, 1.807) is 34.4 Å². The van der Waals surface area contributed by atoms with E-state index in [9.17, 15) is 4.79 Å². The smallest absolute Gasteiger partial charge is 0.258 e. The molecule has 2 aromatic heterocycles. The number of hydrogen-bond acceptors (Lipinski definition) is 6. The molecule has 0 unspecified atom stereocenters. The van der Waals surface area contributed by atoms with Gasteiger partial charge in [0.15, 0.2) is 5.13 Å². The molecule has 32 heavy (non-hydrogen) atoms. The third-order valence-corrected chi connectivity index (χ3v) is 8.54. The van der Waals surface area contributed by atoms with E-state index in [0.717, 1.165) is 42.4 Å². The molecule has 0 radical (unpaired) electrons. The Hall–Kier alpha value is -2.45. The van der Waals surface area contributed by atoms with E-state index in [1.807, 2.05) is 24.3 Å². The van der Waals surface area contributed by atoms with E-state index < -0.39 is 0 Å². The van der Waals surface area contributed by atoms with Crippen molar-refractivity contribution in [3.05, 3.63) is 98.7 Å². The zero-order chi connectivity index (χ0) is 21.8. The number of hydrogen-bond donors (Lipinski definition) is 1. The van der Waals surface area contributed by atoms with Gasteiger partial charge in [-0.1, -0.05) is 48.5 Å². The SMILES string of the molecule is O=C(Nc1nc2c(s1)CN(Cc1ccccc1)CC2)c1ccccc1SCc1cccs1. The van der Waals surface area contributed by atoms with Gasteiger partial charge in [0.25, 0.3) is 5.91 Å². The molecule has 7 heteroatoms. The quantitative estimate of drug-likeness (QED) is 0.317. The molecule has 4 nitrogen and oxygen atoms in total. The van der Waals surface area contributed by atoms with Crippen molar-refractivity contribution in [1.29, 1.82) is 0 Å². The minimum Gasteiger partial charge on any atom is -0.298 e. The summed E-state index contributed by atoms with van der Waals surface area (Å²) in [6.07, 6.45) is 0.918. The normalized spacial score (nSPS) is 13.6. The van der Waals surface area contributed by atoms with Crippen molar-refractivity contribution in [3.8, 4) is 0 Å². The Morgan fingerprint density at radius 3 is 2.75 bits per heavy atom. The monoisotopic (exact) mass is 477 g/mol. The second-order valence-corrected chi connectivity index (χ2v) is 10.8. The van der Waals surface area contributed by atoms with Gasteiger partial charge >= 0.3 is 0 Å². The highest BCUT2D eigenvalue weighted by molar-refractivity contribution is 7.98. The molecule has 5 rings (SSSR count). The first-order valence-corrected chi connectivity index (χ1v) is 13.2. The number of thioether (sulfide) groups is 1. The van der Waals surface area contributed by atoms with E-state index in [-0.39, 0.29) is 5.91 Å². The van der Waals surface area contributed by atoms with E-state index >= 15 is 0 Å². The molecule has 1 aliphatic rings. The van der Waals surface area contributed by atoms with E-state index in [4.69, 9.17) is 4.98 Å². The molecule has 0 fully saturated rings. The summed E-state index contributed by atoms with van der Waals surface area (Å²) in [7, 11) is 0. The summed E-state index contributed by atoms with van der Waals surface area (Å²) in [5.74, 6) is 0.775. The van der Waals surface area contributed by atoms with Crippen LogP contribution in [0.15, 0.2) is 77.0 Å². The van der Waals surface area contributed by atoms with E-state index in [2.05, 4.69) is 58.1 Å². The Morgan fingerprint density at radius 1 is 1.06 bits per heavy atom. The highest BCUT2D eigenvalue weighted by atomic mass is 32.2. The van der Waals surface area contributed by atoms with Crippen LogP contribution in [0.5, 0.6) is 0 Å². The molecule has 0 bridgehead atoms. The van der Waals surface area contributed by atoms with Gasteiger partial charge in [0, 0.05) is 46.5 Å². The van der Waals surface area contributed by atoms with Crippen LogP contribution in [0.3, 0.4) is 0 Å². The summed E-state index contributed by atoms with van der Waals surface area (Å²) in [5, 5.41) is 5.83. The Bertz CT molecular complexity index is 1190. The molecule has 1 aliphatic heterocycles. The Balaban J connectivity index is 1.24. The predicted molar refractivity (Wildman–Crippen MR) is 135 cm³/mol. The standard InChI is InChI=1S/C25H23N3OS3/c29-24(20-10-4-5-11-22(20)31-17-19-9-6-14-30-19)27-25-26-21-12-13-28(16-23(21)32-25)15-18-7-2-1-3-8-18/h1-11,14H,12-13,15-17H2,(H,26,27,29). The van der Waals surface area contributed by atoms with E-state index in [1.165, 1.54) is 15.3 Å². The fourth-order valence-electron chi connectivity index (χ4n) is 3.77. The molecule has 1 amide bonds. The van der Waals surface area contributed by atoms with Crippen molar-refractivity contribution in [3.63, 3.8) is 0 Å². The zero-order valence-corrected chi connectivity index (χ0v) is 19.9. The number of thiazole rings is 1. The Labute approximate surface area is 200 Å². The van der Waals surface area contributed by atoms with Gasteiger partial charge in [0.1, 0.15) is 0 Å². The van der Waals surface area contributed by atoms with Crippen molar-refractivity contribution >= 4 is 45.5 Å². The number of carbonyl (C=O) groups excluding carboxylic acids is 1. The lowest BCUT2D eigenvalue weighted by Crippen LogP contribution is -2.29. The van der Waals surface area contributed by atoms with Gasteiger partial charge in [-0.05, 0) is 29.1 Å². The number of amides is 1.